The van der Waals surface area contributed by atoms with E-state index in [2.05, 4.69) is 25.7 Å². The van der Waals surface area contributed by atoms with Crippen LogP contribution >= 0.6 is 11.6 Å². The minimum Gasteiger partial charge on any atom is -0.361 e. The van der Waals surface area contributed by atoms with Crippen molar-refractivity contribution < 1.29 is 13.2 Å². The molecule has 0 unspecified atom stereocenters. The van der Waals surface area contributed by atoms with E-state index < -0.39 is 18.1 Å². The Balaban J connectivity index is 1.46. The molecule has 1 aliphatic heterocycles. The van der Waals surface area contributed by atoms with Gasteiger partial charge in [-0.1, -0.05) is 43.4 Å². The van der Waals surface area contributed by atoms with Crippen LogP contribution in [0, 0.1) is 16.7 Å². The summed E-state index contributed by atoms with van der Waals surface area (Å²) >= 11 is 7.17. The van der Waals surface area contributed by atoms with Crippen molar-refractivity contribution in [1.82, 2.24) is 23.0 Å². The van der Waals surface area contributed by atoms with Gasteiger partial charge in [-0.15, -0.1) is 0 Å². The van der Waals surface area contributed by atoms with Crippen LogP contribution in [0.15, 0.2) is 35.3 Å². The fourth-order valence-electron chi connectivity index (χ4n) is 6.79. The maximum Gasteiger partial charge on any atom is 0.329 e. The molecule has 1 aromatic carbocycles. The molecular weight excluding hydrogens is 616 g/mol. The molecule has 1 saturated heterocycles. The number of benzene rings is 1. The minimum atomic E-state index is -3.19. The molecule has 10 nitrogen and oxygen atoms in total. The van der Waals surface area contributed by atoms with Gasteiger partial charge in [0.15, 0.2) is 0 Å². The number of hydrogen-bond acceptors (Lipinski definition) is 6. The second-order valence-corrected chi connectivity index (χ2v) is 21.8. The highest BCUT2D eigenvalue weighted by molar-refractivity contribution is 7.88. The predicted molar refractivity (Wildman–Crippen MR) is 176 cm³/mol. The maximum absolute atomic E-state index is 13.9. The standard InChI is InChI=1S/C31H39ClN6O4SSi/c1-35-24-17-34-29-26(27(24)38(30(35)39)23-10-12-31(13-11-23)18-36(19-31)43(2,40)41)25(22-8-6-21(16-33)7-9-22)28(32)37(29)20-42-14-15-44(3,4)5/h6-9,17,23H,10-15,18-20H2,1-5H3. The molecule has 13 heteroatoms. The van der Waals surface area contributed by atoms with Gasteiger partial charge in [-0.05, 0) is 54.8 Å². The number of rotatable bonds is 8. The number of aryl methyl sites for hydroxylation is 1. The summed E-state index contributed by atoms with van der Waals surface area (Å²) in [5, 5.41) is 10.7. The first-order chi connectivity index (χ1) is 20.7. The molecule has 0 amide bonds. The van der Waals surface area contributed by atoms with Gasteiger partial charge in [0.2, 0.25) is 10.0 Å². The molecule has 0 atom stereocenters. The first kappa shape index (κ1) is 31.0. The van der Waals surface area contributed by atoms with E-state index in [1.54, 1.807) is 34.2 Å². The van der Waals surface area contributed by atoms with Crippen LogP contribution < -0.4 is 5.69 Å². The molecule has 234 valence electrons. The lowest BCUT2D eigenvalue weighted by atomic mass is 9.68. The van der Waals surface area contributed by atoms with Crippen LogP contribution in [0.1, 0.15) is 37.3 Å². The van der Waals surface area contributed by atoms with Gasteiger partial charge >= 0.3 is 5.69 Å². The van der Waals surface area contributed by atoms with E-state index in [0.717, 1.165) is 59.3 Å². The highest BCUT2D eigenvalue weighted by Gasteiger charge is 2.48. The zero-order valence-corrected chi connectivity index (χ0v) is 28.5. The fraction of sp³-hybridized carbons (Fsp3) is 0.516. The molecule has 1 aliphatic carbocycles. The molecule has 44 heavy (non-hydrogen) atoms. The molecule has 0 radical (unpaired) electrons. The second-order valence-electron chi connectivity index (χ2n) is 13.8. The van der Waals surface area contributed by atoms with E-state index >= 15 is 0 Å². The molecular formula is C31H39ClN6O4SSi. The lowest BCUT2D eigenvalue weighted by Crippen LogP contribution is -2.59. The number of hydrogen-bond donors (Lipinski definition) is 0. The molecule has 4 heterocycles. The monoisotopic (exact) mass is 654 g/mol. The van der Waals surface area contributed by atoms with Crippen LogP contribution in [0.4, 0.5) is 0 Å². The smallest absolute Gasteiger partial charge is 0.329 e. The molecule has 2 fully saturated rings. The average molecular weight is 655 g/mol. The number of imidazole rings is 1. The number of ether oxygens (including phenoxy) is 1. The summed E-state index contributed by atoms with van der Waals surface area (Å²) in [4.78, 5) is 18.7. The van der Waals surface area contributed by atoms with E-state index in [4.69, 9.17) is 21.3 Å². The van der Waals surface area contributed by atoms with E-state index in [1.165, 1.54) is 6.26 Å². The highest BCUT2D eigenvalue weighted by atomic mass is 35.5. The maximum atomic E-state index is 13.9. The van der Waals surface area contributed by atoms with Crippen LogP contribution in [0.2, 0.25) is 30.8 Å². The molecule has 1 spiro atoms. The number of sulfonamides is 1. The van der Waals surface area contributed by atoms with E-state index in [1.807, 2.05) is 21.3 Å². The largest absolute Gasteiger partial charge is 0.361 e. The number of nitrogens with zero attached hydrogens (tertiary/aromatic N) is 6. The summed E-state index contributed by atoms with van der Waals surface area (Å²) in [5.74, 6) is 0. The summed E-state index contributed by atoms with van der Waals surface area (Å²) in [6, 6.07) is 10.5. The lowest BCUT2D eigenvalue weighted by molar-refractivity contribution is 0.0177. The zero-order chi connectivity index (χ0) is 31.6. The second kappa shape index (κ2) is 11.1. The Hall–Kier alpha value is -2.95. The van der Waals surface area contributed by atoms with Crippen molar-refractivity contribution in [3.63, 3.8) is 0 Å². The van der Waals surface area contributed by atoms with Gasteiger partial charge in [0.05, 0.1) is 40.5 Å². The Kier molecular flexibility index (Phi) is 7.86. The van der Waals surface area contributed by atoms with Crippen LogP contribution in [0.25, 0.3) is 33.2 Å². The van der Waals surface area contributed by atoms with Gasteiger partial charge in [-0.2, -0.15) is 5.26 Å². The summed E-state index contributed by atoms with van der Waals surface area (Å²) in [7, 11) is -2.71. The van der Waals surface area contributed by atoms with Gasteiger partial charge in [0.25, 0.3) is 0 Å². The van der Waals surface area contributed by atoms with Crippen molar-refractivity contribution >= 4 is 51.8 Å². The quantitative estimate of drug-likeness (QED) is 0.181. The molecule has 4 aromatic rings. The van der Waals surface area contributed by atoms with Crippen molar-refractivity contribution in [2.45, 2.75) is 64.1 Å². The Bertz CT molecular complexity index is 1950. The third-order valence-electron chi connectivity index (χ3n) is 9.45. The SMILES string of the molecule is Cn1c(=O)n(C2CCC3(CC2)CN(S(C)(=O)=O)C3)c2c3c(-c4ccc(C#N)cc4)c(Cl)n(COCC[Si](C)(C)C)c3ncc21. The van der Waals surface area contributed by atoms with Gasteiger partial charge < -0.3 is 4.74 Å². The van der Waals surface area contributed by atoms with Crippen molar-refractivity contribution in [3.8, 4) is 17.2 Å². The Morgan fingerprint density at radius 2 is 1.82 bits per heavy atom. The summed E-state index contributed by atoms with van der Waals surface area (Å²) in [6.07, 6.45) is 6.28. The first-order valence-electron chi connectivity index (χ1n) is 15.0. The average Bonchev–Trinajstić information content (AvgIpc) is 3.38. The normalized spacial score (nSPS) is 17.8. The van der Waals surface area contributed by atoms with Crippen LogP contribution in [-0.4, -0.2) is 65.4 Å². The third-order valence-corrected chi connectivity index (χ3v) is 12.7. The Labute approximate surface area is 263 Å². The van der Waals surface area contributed by atoms with Crippen molar-refractivity contribution in [2.75, 3.05) is 26.0 Å². The van der Waals surface area contributed by atoms with E-state index in [-0.39, 0.29) is 23.9 Å². The highest BCUT2D eigenvalue weighted by Crippen LogP contribution is 2.49. The predicted octanol–water partition coefficient (Wildman–Crippen LogP) is 5.57. The van der Waals surface area contributed by atoms with Crippen molar-refractivity contribution in [2.24, 2.45) is 12.5 Å². The number of aromatic nitrogens is 4. The van der Waals surface area contributed by atoms with Gasteiger partial charge in [0, 0.05) is 46.4 Å². The molecule has 0 N–H and O–H groups in total. The topological polar surface area (TPSA) is 115 Å². The van der Waals surface area contributed by atoms with Crippen LogP contribution in [0.5, 0.6) is 0 Å². The molecule has 2 aliphatic rings. The van der Waals surface area contributed by atoms with Crippen LogP contribution in [0.3, 0.4) is 0 Å². The lowest BCUT2D eigenvalue weighted by Gasteiger charge is -2.52. The number of fused-ring (bicyclic) bond motifs is 3. The third kappa shape index (κ3) is 5.43. The van der Waals surface area contributed by atoms with E-state index in [9.17, 15) is 18.5 Å². The fourth-order valence-corrected chi connectivity index (χ4v) is 8.89. The van der Waals surface area contributed by atoms with E-state index in [0.29, 0.717) is 36.1 Å². The molecule has 0 bridgehead atoms. The summed E-state index contributed by atoms with van der Waals surface area (Å²) in [6.45, 7) is 8.88. The van der Waals surface area contributed by atoms with Crippen molar-refractivity contribution in [3.05, 3.63) is 51.7 Å². The number of nitriles is 1. The summed E-state index contributed by atoms with van der Waals surface area (Å²) < 4.78 is 37.2. The van der Waals surface area contributed by atoms with Crippen LogP contribution in [-0.2, 0) is 28.5 Å². The number of pyridine rings is 1. The molecule has 6 rings (SSSR count). The number of halogens is 1. The van der Waals surface area contributed by atoms with Gasteiger partial charge in [0.1, 0.15) is 17.5 Å². The first-order valence-corrected chi connectivity index (χ1v) is 21.0. The Morgan fingerprint density at radius 1 is 1.16 bits per heavy atom. The van der Waals surface area contributed by atoms with Gasteiger partial charge in [-0.3, -0.25) is 13.7 Å². The summed E-state index contributed by atoms with van der Waals surface area (Å²) in [5.41, 5.74) is 4.16. The molecule has 3 aromatic heterocycles. The molecule has 1 saturated carbocycles. The van der Waals surface area contributed by atoms with Crippen molar-refractivity contribution in [1.29, 1.82) is 5.26 Å². The minimum absolute atomic E-state index is 0.0157. The zero-order valence-electron chi connectivity index (χ0n) is 25.9. The van der Waals surface area contributed by atoms with Gasteiger partial charge in [-0.25, -0.2) is 22.5 Å². The Morgan fingerprint density at radius 3 is 2.41 bits per heavy atom.